The van der Waals surface area contributed by atoms with Gasteiger partial charge in [0.2, 0.25) is 0 Å². The number of amidine groups is 1. The lowest BCUT2D eigenvalue weighted by atomic mass is 9.91. The number of allylic oxidation sites excluding steroid dienone is 2. The van der Waals surface area contributed by atoms with Gasteiger partial charge in [-0.05, 0) is 51.6 Å². The third-order valence-electron chi connectivity index (χ3n) is 5.79. The highest BCUT2D eigenvalue weighted by Gasteiger charge is 2.26. The molecule has 32 heavy (non-hydrogen) atoms. The van der Waals surface area contributed by atoms with Gasteiger partial charge in [0.25, 0.3) is 10.1 Å². The summed E-state index contributed by atoms with van der Waals surface area (Å²) in [6.07, 6.45) is 12.5. The molecule has 2 aromatic carbocycles. The van der Waals surface area contributed by atoms with Crippen molar-refractivity contribution in [3.05, 3.63) is 58.0 Å². The van der Waals surface area contributed by atoms with Crippen molar-refractivity contribution in [1.29, 1.82) is 0 Å². The Bertz CT molecular complexity index is 1540. The Morgan fingerprint density at radius 2 is 1.69 bits per heavy atom. The van der Waals surface area contributed by atoms with E-state index in [0.29, 0.717) is 18.7 Å². The van der Waals surface area contributed by atoms with E-state index in [-0.39, 0.29) is 11.6 Å². The van der Waals surface area contributed by atoms with Crippen LogP contribution >= 0.6 is 0 Å². The smallest absolute Gasteiger partial charge is 0.285 e. The van der Waals surface area contributed by atoms with Crippen LogP contribution < -0.4 is 10.4 Å². The minimum atomic E-state index is -3.98. The first-order valence-electron chi connectivity index (χ1n) is 10.0. The Balaban J connectivity index is 0.000000180. The highest BCUT2D eigenvalue weighted by atomic mass is 32.2. The molecule has 2 aromatic rings. The fraction of sp³-hybridized carbons (Fsp3) is 0.174. The molecule has 0 spiro atoms. The molecule has 0 aromatic heterocycles. The van der Waals surface area contributed by atoms with Gasteiger partial charge < -0.3 is 0 Å². The van der Waals surface area contributed by atoms with Gasteiger partial charge in [0, 0.05) is 0 Å². The summed E-state index contributed by atoms with van der Waals surface area (Å²) in [5.41, 5.74) is 2.55. The standard InChI is InChI=1S/C18H16O3S.C5H2N4O/c19-22(20,21)14-7-10-16-13(11-14)6-9-17-15-4-2-1-3-12(15)5-8-18(16)17;10-5-3-4(7-1-6-3)8-2-9-5/h1-2,4-6,8-10,14H,3,7,11H2,(H,19,20,21);1-2H. The van der Waals surface area contributed by atoms with Crippen molar-refractivity contribution in [1.82, 2.24) is 0 Å². The lowest BCUT2D eigenvalue weighted by Crippen LogP contribution is -2.30. The zero-order valence-electron chi connectivity index (χ0n) is 16.8. The fourth-order valence-electron chi connectivity index (χ4n) is 4.20. The quantitative estimate of drug-likeness (QED) is 0.661. The molecule has 1 amide bonds. The first-order valence-corrected chi connectivity index (χ1v) is 11.5. The van der Waals surface area contributed by atoms with Crippen molar-refractivity contribution in [2.45, 2.75) is 24.5 Å². The number of carbonyl (C=O) groups excluding carboxylic acids is 1. The van der Waals surface area contributed by atoms with E-state index in [1.807, 2.05) is 12.1 Å². The van der Waals surface area contributed by atoms with Gasteiger partial charge in [-0.2, -0.15) is 13.4 Å². The maximum Gasteiger partial charge on any atom is 0.301 e. The summed E-state index contributed by atoms with van der Waals surface area (Å²) in [5.74, 6) is -0.0116. The summed E-state index contributed by atoms with van der Waals surface area (Å²) in [6.45, 7) is 0. The zero-order valence-corrected chi connectivity index (χ0v) is 17.7. The molecule has 0 bridgehead atoms. The predicted octanol–water partition coefficient (Wildman–Crippen LogP) is 1.15. The zero-order chi connectivity index (χ0) is 22.3. The average Bonchev–Trinajstić information content (AvgIpc) is 3.28. The van der Waals surface area contributed by atoms with Gasteiger partial charge in [-0.3, -0.25) is 9.35 Å². The van der Waals surface area contributed by atoms with Crippen molar-refractivity contribution in [2.75, 3.05) is 0 Å². The van der Waals surface area contributed by atoms with Crippen LogP contribution in [0, 0.1) is 0 Å². The van der Waals surface area contributed by atoms with Gasteiger partial charge in [0.1, 0.15) is 12.7 Å². The SMILES string of the molecule is O=C1N=CN=C2N=CN=C12.O=S(=O)(O)C1CC=c2c(ccc3c4c(ccc23)CC=CC=4)C1. The Morgan fingerprint density at radius 1 is 0.938 bits per heavy atom. The number of aliphatic imine (C=N–C) groups is 4. The Hall–Kier alpha value is -3.56. The summed E-state index contributed by atoms with van der Waals surface area (Å²) in [6, 6.07) is 8.35. The second-order valence-electron chi connectivity index (χ2n) is 7.68. The molecule has 160 valence electrons. The molecule has 0 saturated heterocycles. The van der Waals surface area contributed by atoms with Crippen LogP contribution in [0.4, 0.5) is 0 Å². The number of hydrogen-bond acceptors (Lipinski definition) is 6. The minimum Gasteiger partial charge on any atom is -0.285 e. The molecule has 0 fully saturated rings. The number of carbonyl (C=O) groups is 1. The molecule has 8 nitrogen and oxygen atoms in total. The van der Waals surface area contributed by atoms with Crippen molar-refractivity contribution >= 4 is 63.2 Å². The van der Waals surface area contributed by atoms with Crippen LogP contribution in [0.3, 0.4) is 0 Å². The minimum absolute atomic E-state index is 0.238. The van der Waals surface area contributed by atoms with Crippen LogP contribution in [0.2, 0.25) is 0 Å². The number of nitrogens with zero attached hydrogens (tertiary/aromatic N) is 4. The van der Waals surface area contributed by atoms with Crippen molar-refractivity contribution in [3.63, 3.8) is 0 Å². The van der Waals surface area contributed by atoms with Crippen LogP contribution in [0.1, 0.15) is 17.5 Å². The normalized spacial score (nSPS) is 20.2. The summed E-state index contributed by atoms with van der Waals surface area (Å²) >= 11 is 0. The highest BCUT2D eigenvalue weighted by molar-refractivity contribution is 7.86. The van der Waals surface area contributed by atoms with Crippen LogP contribution in [-0.2, 0) is 27.8 Å². The lowest BCUT2D eigenvalue weighted by Gasteiger charge is -2.19. The molecule has 6 rings (SSSR count). The maximum atomic E-state index is 11.4. The molecule has 9 heteroatoms. The van der Waals surface area contributed by atoms with Crippen LogP contribution in [0.15, 0.2) is 56.4 Å². The molecule has 2 aliphatic carbocycles. The number of fused-ring (bicyclic) bond motifs is 6. The highest BCUT2D eigenvalue weighted by Crippen LogP contribution is 2.19. The molecule has 0 radical (unpaired) electrons. The summed E-state index contributed by atoms with van der Waals surface area (Å²) < 4.78 is 32.0. The van der Waals surface area contributed by atoms with Crippen LogP contribution in [0.25, 0.3) is 22.9 Å². The number of benzene rings is 2. The fourth-order valence-corrected chi connectivity index (χ4v) is 4.93. The Kier molecular flexibility index (Phi) is 4.99. The van der Waals surface area contributed by atoms with Gasteiger partial charge in [-0.15, -0.1) is 0 Å². The predicted molar refractivity (Wildman–Crippen MR) is 125 cm³/mol. The second kappa shape index (κ2) is 7.85. The van der Waals surface area contributed by atoms with Gasteiger partial charge >= 0.3 is 5.91 Å². The van der Waals surface area contributed by atoms with E-state index in [0.717, 1.165) is 22.6 Å². The molecular weight excluding hydrogens is 428 g/mol. The molecule has 1 N–H and O–H groups in total. The van der Waals surface area contributed by atoms with Gasteiger partial charge in [0.15, 0.2) is 11.5 Å². The molecule has 1 atom stereocenters. The van der Waals surface area contributed by atoms with E-state index in [2.05, 4.69) is 56.4 Å². The topological polar surface area (TPSA) is 121 Å². The molecule has 2 aliphatic heterocycles. The van der Waals surface area contributed by atoms with E-state index in [1.54, 1.807) is 0 Å². The molecular formula is C23H18N4O4S. The average molecular weight is 446 g/mol. The van der Waals surface area contributed by atoms with Crippen molar-refractivity contribution < 1.29 is 17.8 Å². The summed E-state index contributed by atoms with van der Waals surface area (Å²) in [5, 5.41) is 4.03. The monoisotopic (exact) mass is 446 g/mol. The van der Waals surface area contributed by atoms with E-state index >= 15 is 0 Å². The van der Waals surface area contributed by atoms with Crippen LogP contribution in [0.5, 0.6) is 0 Å². The third-order valence-corrected chi connectivity index (χ3v) is 6.99. The lowest BCUT2D eigenvalue weighted by molar-refractivity contribution is -0.111. The number of hydrogen-bond donors (Lipinski definition) is 1. The van der Waals surface area contributed by atoms with Gasteiger partial charge in [-0.25, -0.2) is 15.0 Å². The number of rotatable bonds is 1. The molecule has 4 aliphatic rings. The van der Waals surface area contributed by atoms with Crippen molar-refractivity contribution in [2.24, 2.45) is 20.0 Å². The largest absolute Gasteiger partial charge is 0.301 e. The van der Waals surface area contributed by atoms with E-state index in [9.17, 15) is 17.8 Å². The first-order chi connectivity index (χ1) is 15.4. The number of amides is 1. The van der Waals surface area contributed by atoms with Crippen molar-refractivity contribution in [3.8, 4) is 0 Å². The van der Waals surface area contributed by atoms with E-state index < -0.39 is 15.4 Å². The Labute approximate surface area is 183 Å². The van der Waals surface area contributed by atoms with E-state index in [1.165, 1.54) is 28.8 Å². The Morgan fingerprint density at radius 3 is 2.47 bits per heavy atom. The first kappa shape index (κ1) is 20.3. The van der Waals surface area contributed by atoms with Gasteiger partial charge in [-0.1, -0.05) is 48.6 Å². The summed E-state index contributed by atoms with van der Waals surface area (Å²) in [4.78, 5) is 25.3. The third kappa shape index (κ3) is 3.65. The molecule has 0 saturated carbocycles. The van der Waals surface area contributed by atoms with Crippen LogP contribution in [-0.4, -0.2) is 48.4 Å². The van der Waals surface area contributed by atoms with Gasteiger partial charge in [0.05, 0.1) is 5.25 Å². The maximum absolute atomic E-state index is 11.4. The summed E-state index contributed by atoms with van der Waals surface area (Å²) in [7, 11) is -3.98. The molecule has 1 unspecified atom stereocenters. The van der Waals surface area contributed by atoms with E-state index in [4.69, 9.17) is 0 Å². The molecule has 2 heterocycles. The second-order valence-corrected chi connectivity index (χ2v) is 9.37.